The number of hydrogen-bond acceptors (Lipinski definition) is 4. The Kier molecular flexibility index (Phi) is 6.50. The Morgan fingerprint density at radius 3 is 2.20 bits per heavy atom. The van der Waals surface area contributed by atoms with Crippen molar-refractivity contribution in [3.05, 3.63) is 59.7 Å². The fraction of sp³-hybridized carbons (Fsp3) is 0.464. The van der Waals surface area contributed by atoms with Gasteiger partial charge in [-0.3, -0.25) is 9.59 Å². The highest BCUT2D eigenvalue weighted by molar-refractivity contribution is 5.81. The van der Waals surface area contributed by atoms with Gasteiger partial charge in [-0.15, -0.1) is 0 Å². The van der Waals surface area contributed by atoms with Crippen LogP contribution in [-0.4, -0.2) is 41.3 Å². The molecule has 35 heavy (non-hydrogen) atoms. The summed E-state index contributed by atoms with van der Waals surface area (Å²) >= 11 is 0. The molecule has 0 saturated heterocycles. The van der Waals surface area contributed by atoms with Gasteiger partial charge in [-0.25, -0.2) is 4.79 Å². The zero-order valence-electron chi connectivity index (χ0n) is 19.8. The van der Waals surface area contributed by atoms with E-state index in [1.165, 1.54) is 11.1 Å². The predicted molar refractivity (Wildman–Crippen MR) is 131 cm³/mol. The van der Waals surface area contributed by atoms with Crippen LogP contribution in [-0.2, 0) is 14.3 Å². The minimum absolute atomic E-state index is 0.0101. The molecule has 3 N–H and O–H groups in total. The van der Waals surface area contributed by atoms with Crippen LogP contribution in [0.4, 0.5) is 4.79 Å². The molecule has 2 fully saturated rings. The van der Waals surface area contributed by atoms with Crippen LogP contribution < -0.4 is 10.6 Å². The third-order valence-electron chi connectivity index (χ3n) is 7.76. The second kappa shape index (κ2) is 9.72. The van der Waals surface area contributed by atoms with Gasteiger partial charge in [-0.05, 0) is 53.9 Å². The molecular weight excluding hydrogens is 444 g/mol. The number of rotatable bonds is 8. The molecule has 7 heteroatoms. The Hall–Kier alpha value is -3.35. The molecule has 0 spiro atoms. The minimum Gasteiger partial charge on any atom is -0.481 e. The molecule has 2 amide bonds. The molecule has 0 radical (unpaired) electrons. The summed E-state index contributed by atoms with van der Waals surface area (Å²) in [6.45, 7) is 0.237. The van der Waals surface area contributed by atoms with E-state index in [0.29, 0.717) is 0 Å². The molecule has 184 valence electrons. The van der Waals surface area contributed by atoms with Crippen molar-refractivity contribution in [3.63, 3.8) is 0 Å². The molecular formula is C28H32N2O5. The van der Waals surface area contributed by atoms with Crippen molar-refractivity contribution in [1.29, 1.82) is 0 Å². The summed E-state index contributed by atoms with van der Waals surface area (Å²) in [5.74, 6) is -1.00. The van der Waals surface area contributed by atoms with E-state index in [2.05, 4.69) is 34.9 Å². The molecule has 7 nitrogen and oxygen atoms in total. The Labute approximate surface area is 205 Å². The lowest BCUT2D eigenvalue weighted by molar-refractivity contribution is -0.139. The number of amides is 2. The normalized spacial score (nSPS) is 21.9. The first-order valence-electron chi connectivity index (χ1n) is 12.6. The van der Waals surface area contributed by atoms with Crippen molar-refractivity contribution in [2.75, 3.05) is 6.61 Å². The van der Waals surface area contributed by atoms with Gasteiger partial charge in [0.25, 0.3) is 0 Å². The summed E-state index contributed by atoms with van der Waals surface area (Å²) in [6.07, 6.45) is 4.83. The summed E-state index contributed by atoms with van der Waals surface area (Å²) in [6, 6.07) is 16.3. The van der Waals surface area contributed by atoms with Crippen molar-refractivity contribution in [2.45, 2.75) is 68.9 Å². The Balaban J connectivity index is 1.15. The van der Waals surface area contributed by atoms with Crippen LogP contribution in [0, 0.1) is 5.92 Å². The van der Waals surface area contributed by atoms with E-state index in [0.717, 1.165) is 49.7 Å². The smallest absolute Gasteiger partial charge is 0.407 e. The van der Waals surface area contributed by atoms with Gasteiger partial charge >= 0.3 is 12.1 Å². The van der Waals surface area contributed by atoms with Crippen LogP contribution in [0.3, 0.4) is 0 Å². The van der Waals surface area contributed by atoms with Crippen LogP contribution >= 0.6 is 0 Å². The molecule has 0 aliphatic heterocycles. The lowest BCUT2D eigenvalue weighted by Gasteiger charge is -2.31. The SMILES string of the molecule is O=C(O)CC1CCCCC1NC(=O)CC1(NC(=O)OCC2c3ccccc3-c3ccccc32)CC1. The first-order valence-corrected chi connectivity index (χ1v) is 12.6. The van der Waals surface area contributed by atoms with Gasteiger partial charge in [0.1, 0.15) is 6.61 Å². The topological polar surface area (TPSA) is 105 Å². The van der Waals surface area contributed by atoms with Crippen molar-refractivity contribution in [2.24, 2.45) is 5.92 Å². The molecule has 2 atom stereocenters. The second-order valence-electron chi connectivity index (χ2n) is 10.2. The number of hydrogen-bond donors (Lipinski definition) is 3. The third-order valence-corrected chi connectivity index (χ3v) is 7.76. The van der Waals surface area contributed by atoms with Gasteiger partial charge < -0.3 is 20.5 Å². The van der Waals surface area contributed by atoms with Crippen molar-refractivity contribution in [3.8, 4) is 11.1 Å². The summed E-state index contributed by atoms with van der Waals surface area (Å²) in [5, 5.41) is 15.2. The second-order valence-corrected chi connectivity index (χ2v) is 10.2. The first kappa shape index (κ1) is 23.4. The van der Waals surface area contributed by atoms with Gasteiger partial charge in [-0.1, -0.05) is 61.4 Å². The highest BCUT2D eigenvalue weighted by Crippen LogP contribution is 2.45. The number of carboxylic acids is 1. The summed E-state index contributed by atoms with van der Waals surface area (Å²) in [7, 11) is 0. The standard InChI is InChI=1S/C28H32N2O5/c31-25(29-24-12-6-1-7-18(24)15-26(32)33)16-28(13-14-28)30-27(34)35-17-23-21-10-4-2-8-19(21)20-9-3-5-11-22(20)23/h2-5,8-11,18,23-24H,1,6-7,12-17H2,(H,29,31)(H,30,34)(H,32,33). The lowest BCUT2D eigenvalue weighted by Crippen LogP contribution is -2.46. The molecule has 5 rings (SSSR count). The number of alkyl carbamates (subject to hydrolysis) is 1. The molecule has 0 aromatic heterocycles. The number of aliphatic carboxylic acids is 1. The number of carboxylic acid groups (broad SMARTS) is 1. The Morgan fingerprint density at radius 2 is 1.57 bits per heavy atom. The van der Waals surface area contributed by atoms with E-state index >= 15 is 0 Å². The summed E-state index contributed by atoms with van der Waals surface area (Å²) in [4.78, 5) is 36.6. The number of carbonyl (C=O) groups excluding carboxylic acids is 2. The Morgan fingerprint density at radius 1 is 0.943 bits per heavy atom. The highest BCUT2D eigenvalue weighted by Gasteiger charge is 2.47. The van der Waals surface area contributed by atoms with E-state index in [9.17, 15) is 19.5 Å². The van der Waals surface area contributed by atoms with E-state index in [1.54, 1.807) is 0 Å². The zero-order valence-corrected chi connectivity index (χ0v) is 19.8. The van der Waals surface area contributed by atoms with Crippen LogP contribution in [0.15, 0.2) is 48.5 Å². The zero-order chi connectivity index (χ0) is 24.4. The number of ether oxygens (including phenoxy) is 1. The predicted octanol–water partition coefficient (Wildman–Crippen LogP) is 4.60. The van der Waals surface area contributed by atoms with Crippen molar-refractivity contribution in [1.82, 2.24) is 10.6 Å². The highest BCUT2D eigenvalue weighted by atomic mass is 16.5. The van der Waals surface area contributed by atoms with Crippen LogP contribution in [0.2, 0.25) is 0 Å². The fourth-order valence-electron chi connectivity index (χ4n) is 5.78. The lowest BCUT2D eigenvalue weighted by atomic mass is 9.82. The summed E-state index contributed by atoms with van der Waals surface area (Å²) in [5.41, 5.74) is 4.10. The quantitative estimate of drug-likeness (QED) is 0.517. The van der Waals surface area contributed by atoms with Crippen molar-refractivity contribution < 1.29 is 24.2 Å². The largest absolute Gasteiger partial charge is 0.481 e. The van der Waals surface area contributed by atoms with Gasteiger partial charge in [0.15, 0.2) is 0 Å². The van der Waals surface area contributed by atoms with Gasteiger partial charge in [-0.2, -0.15) is 0 Å². The number of benzene rings is 2. The van der Waals surface area contributed by atoms with Crippen LogP contribution in [0.25, 0.3) is 11.1 Å². The van der Waals surface area contributed by atoms with E-state index in [1.807, 2.05) is 24.3 Å². The molecule has 2 unspecified atom stereocenters. The summed E-state index contributed by atoms with van der Waals surface area (Å²) < 4.78 is 5.66. The van der Waals surface area contributed by atoms with Crippen LogP contribution in [0.5, 0.6) is 0 Å². The monoisotopic (exact) mass is 476 g/mol. The average molecular weight is 477 g/mol. The number of carbonyl (C=O) groups is 3. The molecule has 3 aliphatic rings. The van der Waals surface area contributed by atoms with Gasteiger partial charge in [0.2, 0.25) is 5.91 Å². The third kappa shape index (κ3) is 5.19. The van der Waals surface area contributed by atoms with Gasteiger partial charge in [0, 0.05) is 18.4 Å². The first-order chi connectivity index (χ1) is 16.9. The molecule has 2 aromatic carbocycles. The van der Waals surface area contributed by atoms with E-state index in [-0.39, 0.29) is 43.2 Å². The maximum Gasteiger partial charge on any atom is 0.407 e. The Bertz CT molecular complexity index is 1080. The molecule has 0 heterocycles. The fourth-order valence-corrected chi connectivity index (χ4v) is 5.78. The minimum atomic E-state index is -0.827. The van der Waals surface area contributed by atoms with Crippen molar-refractivity contribution >= 4 is 18.0 Å². The maximum absolute atomic E-state index is 12.8. The van der Waals surface area contributed by atoms with Crippen LogP contribution in [0.1, 0.15) is 68.4 Å². The molecule has 3 aliphatic carbocycles. The molecule has 2 aromatic rings. The van der Waals surface area contributed by atoms with E-state index in [4.69, 9.17) is 4.74 Å². The maximum atomic E-state index is 12.8. The average Bonchev–Trinajstić information content (AvgIpc) is 3.50. The van der Waals surface area contributed by atoms with Gasteiger partial charge in [0.05, 0.1) is 12.0 Å². The number of fused-ring (bicyclic) bond motifs is 3. The van der Waals surface area contributed by atoms with E-state index < -0.39 is 17.6 Å². The molecule has 0 bridgehead atoms. The number of nitrogens with one attached hydrogen (secondary N) is 2. The molecule has 2 saturated carbocycles.